The van der Waals surface area contributed by atoms with Crippen LogP contribution in [0.2, 0.25) is 0 Å². The first-order chi connectivity index (χ1) is 8.69. The molecule has 0 fully saturated rings. The minimum Gasteiger partial charge on any atom is -0.380 e. The molecule has 3 nitrogen and oxygen atoms in total. The molecule has 0 unspecified atom stereocenters. The minimum absolute atomic E-state index is 0.301. The minimum atomic E-state index is -0.408. The lowest BCUT2D eigenvalue weighted by Crippen LogP contribution is -2.02. The zero-order valence-corrected chi connectivity index (χ0v) is 9.94. The highest BCUT2D eigenvalue weighted by Crippen LogP contribution is 2.16. The Morgan fingerprint density at radius 3 is 2.83 bits per heavy atom. The molecule has 1 aromatic heterocycles. The van der Waals surface area contributed by atoms with Gasteiger partial charge in [-0.2, -0.15) is 5.26 Å². The third-order valence-corrected chi connectivity index (χ3v) is 2.56. The molecular weight excluding hydrogens is 229 g/mol. The summed E-state index contributed by atoms with van der Waals surface area (Å²) in [5.74, 6) is -0.408. The maximum atomic E-state index is 13.0. The van der Waals surface area contributed by atoms with Crippen LogP contribution in [0.15, 0.2) is 36.5 Å². The van der Waals surface area contributed by atoms with E-state index in [1.807, 2.05) is 25.1 Å². The molecule has 0 aliphatic carbocycles. The Morgan fingerprint density at radius 2 is 2.17 bits per heavy atom. The van der Waals surface area contributed by atoms with E-state index in [1.54, 1.807) is 12.3 Å². The first-order valence-corrected chi connectivity index (χ1v) is 5.54. The standard InChI is InChI=1S/C14H12FN3/c1-10-2-3-11(8-17-10)9-18-14-5-4-13(15)6-12(14)7-16/h2-6,8,18H,9H2,1H3. The number of pyridine rings is 1. The Morgan fingerprint density at radius 1 is 1.33 bits per heavy atom. The molecule has 0 aliphatic heterocycles. The fourth-order valence-corrected chi connectivity index (χ4v) is 1.56. The molecule has 2 aromatic rings. The van der Waals surface area contributed by atoms with Crippen molar-refractivity contribution in [2.24, 2.45) is 0 Å². The van der Waals surface area contributed by atoms with E-state index in [1.165, 1.54) is 12.1 Å². The largest absolute Gasteiger partial charge is 0.380 e. The fraction of sp³-hybridized carbons (Fsp3) is 0.143. The molecule has 0 spiro atoms. The van der Waals surface area contributed by atoms with Crippen LogP contribution in [-0.4, -0.2) is 4.98 Å². The Labute approximate surface area is 105 Å². The van der Waals surface area contributed by atoms with Crippen molar-refractivity contribution in [3.63, 3.8) is 0 Å². The molecule has 0 atom stereocenters. The number of halogens is 1. The average molecular weight is 241 g/mol. The van der Waals surface area contributed by atoms with Crippen LogP contribution in [0.1, 0.15) is 16.8 Å². The van der Waals surface area contributed by atoms with E-state index < -0.39 is 5.82 Å². The van der Waals surface area contributed by atoms with Crippen LogP contribution in [0.5, 0.6) is 0 Å². The van der Waals surface area contributed by atoms with Crippen molar-refractivity contribution in [2.75, 3.05) is 5.32 Å². The van der Waals surface area contributed by atoms with Gasteiger partial charge in [0.1, 0.15) is 11.9 Å². The van der Waals surface area contributed by atoms with Crippen molar-refractivity contribution in [1.82, 2.24) is 4.98 Å². The van der Waals surface area contributed by atoms with Crippen LogP contribution in [0.3, 0.4) is 0 Å². The van der Waals surface area contributed by atoms with Crippen molar-refractivity contribution in [3.05, 3.63) is 59.2 Å². The molecule has 0 radical (unpaired) electrons. The molecule has 0 amide bonds. The van der Waals surface area contributed by atoms with E-state index in [9.17, 15) is 4.39 Å². The number of anilines is 1. The van der Waals surface area contributed by atoms with Crippen molar-refractivity contribution in [1.29, 1.82) is 5.26 Å². The molecule has 1 heterocycles. The van der Waals surface area contributed by atoms with Gasteiger partial charge in [-0.1, -0.05) is 6.07 Å². The third kappa shape index (κ3) is 2.83. The van der Waals surface area contributed by atoms with E-state index >= 15 is 0 Å². The lowest BCUT2D eigenvalue weighted by Gasteiger charge is -2.08. The first-order valence-electron chi connectivity index (χ1n) is 5.54. The number of hydrogen-bond donors (Lipinski definition) is 1. The summed E-state index contributed by atoms with van der Waals surface area (Å²) in [6, 6.07) is 9.96. The molecular formula is C14H12FN3. The van der Waals surface area contributed by atoms with Gasteiger partial charge in [0.25, 0.3) is 0 Å². The van der Waals surface area contributed by atoms with Gasteiger partial charge in [0, 0.05) is 18.4 Å². The molecule has 0 bridgehead atoms. The highest BCUT2D eigenvalue weighted by atomic mass is 19.1. The second kappa shape index (κ2) is 5.28. The van der Waals surface area contributed by atoms with E-state index in [-0.39, 0.29) is 0 Å². The summed E-state index contributed by atoms with van der Waals surface area (Å²) in [6.07, 6.45) is 1.78. The molecule has 0 saturated heterocycles. The van der Waals surface area contributed by atoms with Crippen molar-refractivity contribution < 1.29 is 4.39 Å². The summed E-state index contributed by atoms with van der Waals surface area (Å²) in [6.45, 7) is 2.47. The van der Waals surface area contributed by atoms with Crippen LogP contribution < -0.4 is 5.32 Å². The van der Waals surface area contributed by atoms with E-state index in [0.717, 1.165) is 11.3 Å². The Hall–Kier alpha value is -2.41. The molecule has 90 valence electrons. The van der Waals surface area contributed by atoms with Crippen molar-refractivity contribution in [2.45, 2.75) is 13.5 Å². The molecule has 18 heavy (non-hydrogen) atoms. The zero-order chi connectivity index (χ0) is 13.0. The van der Waals surface area contributed by atoms with Gasteiger partial charge in [0.05, 0.1) is 11.3 Å². The number of nitrogens with one attached hydrogen (secondary N) is 1. The van der Waals surface area contributed by atoms with Gasteiger partial charge in [0.15, 0.2) is 0 Å². The van der Waals surface area contributed by atoms with Crippen molar-refractivity contribution in [3.8, 4) is 6.07 Å². The number of nitriles is 1. The molecule has 4 heteroatoms. The number of aryl methyl sites for hydroxylation is 1. The average Bonchev–Trinajstić information content (AvgIpc) is 2.39. The summed E-state index contributed by atoms with van der Waals surface area (Å²) in [7, 11) is 0. The quantitative estimate of drug-likeness (QED) is 0.898. The number of aromatic nitrogens is 1. The lowest BCUT2D eigenvalue weighted by molar-refractivity contribution is 0.627. The van der Waals surface area contributed by atoms with Gasteiger partial charge >= 0.3 is 0 Å². The van der Waals surface area contributed by atoms with Crippen LogP contribution in [0.25, 0.3) is 0 Å². The maximum absolute atomic E-state index is 13.0. The summed E-state index contributed by atoms with van der Waals surface area (Å²) in [4.78, 5) is 4.18. The number of rotatable bonds is 3. The smallest absolute Gasteiger partial charge is 0.124 e. The van der Waals surface area contributed by atoms with Crippen LogP contribution in [0, 0.1) is 24.1 Å². The molecule has 2 rings (SSSR count). The van der Waals surface area contributed by atoms with E-state index in [4.69, 9.17) is 5.26 Å². The number of hydrogen-bond acceptors (Lipinski definition) is 3. The monoisotopic (exact) mass is 241 g/mol. The van der Waals surface area contributed by atoms with E-state index in [0.29, 0.717) is 17.8 Å². The fourth-order valence-electron chi connectivity index (χ4n) is 1.56. The highest BCUT2D eigenvalue weighted by molar-refractivity contribution is 5.57. The summed E-state index contributed by atoms with van der Waals surface area (Å²) < 4.78 is 13.0. The molecule has 1 N–H and O–H groups in total. The third-order valence-electron chi connectivity index (χ3n) is 2.56. The van der Waals surface area contributed by atoms with Gasteiger partial charge < -0.3 is 5.32 Å². The molecule has 1 aromatic carbocycles. The lowest BCUT2D eigenvalue weighted by atomic mass is 10.2. The SMILES string of the molecule is Cc1ccc(CNc2ccc(F)cc2C#N)cn1. The summed E-state index contributed by atoms with van der Waals surface area (Å²) in [5, 5.41) is 12.0. The van der Waals surface area contributed by atoms with Gasteiger partial charge in [-0.15, -0.1) is 0 Å². The Balaban J connectivity index is 2.11. The molecule has 0 saturated carbocycles. The van der Waals surface area contributed by atoms with Gasteiger partial charge in [-0.05, 0) is 36.8 Å². The Bertz CT molecular complexity index is 585. The van der Waals surface area contributed by atoms with Crippen LogP contribution >= 0.6 is 0 Å². The zero-order valence-electron chi connectivity index (χ0n) is 9.94. The van der Waals surface area contributed by atoms with Gasteiger partial charge in [-0.3, -0.25) is 4.98 Å². The van der Waals surface area contributed by atoms with E-state index in [2.05, 4.69) is 10.3 Å². The maximum Gasteiger partial charge on any atom is 0.124 e. The summed E-state index contributed by atoms with van der Waals surface area (Å²) in [5.41, 5.74) is 2.89. The highest BCUT2D eigenvalue weighted by Gasteiger charge is 2.03. The normalized spacial score (nSPS) is 9.83. The van der Waals surface area contributed by atoms with Crippen molar-refractivity contribution >= 4 is 5.69 Å². The second-order valence-corrected chi connectivity index (χ2v) is 3.96. The van der Waals surface area contributed by atoms with Crippen LogP contribution in [-0.2, 0) is 6.54 Å². The summed E-state index contributed by atoms with van der Waals surface area (Å²) >= 11 is 0. The topological polar surface area (TPSA) is 48.7 Å². The van der Waals surface area contributed by atoms with Gasteiger partial charge in [0.2, 0.25) is 0 Å². The number of benzene rings is 1. The second-order valence-electron chi connectivity index (χ2n) is 3.96. The predicted molar refractivity (Wildman–Crippen MR) is 67.4 cm³/mol. The first kappa shape index (κ1) is 12.1. The predicted octanol–water partition coefficient (Wildman–Crippen LogP) is 3.01. The Kier molecular flexibility index (Phi) is 3.54. The van der Waals surface area contributed by atoms with Crippen LogP contribution in [0.4, 0.5) is 10.1 Å². The number of nitrogens with zero attached hydrogens (tertiary/aromatic N) is 2. The van der Waals surface area contributed by atoms with Gasteiger partial charge in [-0.25, -0.2) is 4.39 Å². The molecule has 0 aliphatic rings.